The van der Waals surface area contributed by atoms with Gasteiger partial charge in [0.25, 0.3) is 0 Å². The average Bonchev–Trinajstić information content (AvgIpc) is 2.38. The van der Waals surface area contributed by atoms with Crippen LogP contribution in [0.3, 0.4) is 0 Å². The molecule has 82 valence electrons. The molecule has 0 unspecified atom stereocenters. The average molecular weight is 214 g/mol. The third-order valence-electron chi connectivity index (χ3n) is 3.52. The van der Waals surface area contributed by atoms with Crippen LogP contribution in [0.25, 0.3) is 0 Å². The summed E-state index contributed by atoms with van der Waals surface area (Å²) in [5.41, 5.74) is 3.12. The summed E-state index contributed by atoms with van der Waals surface area (Å²) in [7, 11) is 0. The molecule has 2 nitrogen and oxygen atoms in total. The van der Waals surface area contributed by atoms with Crippen LogP contribution in [0.5, 0.6) is 0 Å². The van der Waals surface area contributed by atoms with Crippen molar-refractivity contribution in [2.45, 2.75) is 24.5 Å². The van der Waals surface area contributed by atoms with Crippen molar-refractivity contribution in [3.8, 4) is 0 Å². The lowest BCUT2D eigenvalue weighted by Gasteiger charge is -2.40. The molecule has 0 aromatic heterocycles. The molecule has 2 aliphatic rings. The minimum atomic E-state index is -0.683. The van der Waals surface area contributed by atoms with Crippen molar-refractivity contribution >= 4 is 0 Å². The summed E-state index contributed by atoms with van der Waals surface area (Å²) in [4.78, 5) is 0. The molecule has 0 bridgehead atoms. The van der Waals surface area contributed by atoms with E-state index in [0.29, 0.717) is 0 Å². The van der Waals surface area contributed by atoms with Crippen LogP contribution >= 0.6 is 0 Å². The fourth-order valence-electron chi connectivity index (χ4n) is 2.65. The number of hydrogen-bond acceptors (Lipinski definition) is 2. The maximum absolute atomic E-state index is 9.80. The number of aliphatic hydroxyl groups is 2. The number of hydrogen-bond donors (Lipinski definition) is 2. The van der Waals surface area contributed by atoms with Gasteiger partial charge in [-0.05, 0) is 23.1 Å². The van der Waals surface area contributed by atoms with Crippen LogP contribution in [-0.4, -0.2) is 22.4 Å². The molecular formula is C14H14O2. The van der Waals surface area contributed by atoms with Gasteiger partial charge in [-0.3, -0.25) is 0 Å². The molecule has 0 heterocycles. The Morgan fingerprint density at radius 3 is 2.50 bits per heavy atom. The van der Waals surface area contributed by atoms with E-state index in [1.165, 1.54) is 5.56 Å². The Kier molecular flexibility index (Phi) is 2.20. The third kappa shape index (κ3) is 1.27. The van der Waals surface area contributed by atoms with E-state index in [1.807, 2.05) is 24.3 Å². The van der Waals surface area contributed by atoms with Crippen molar-refractivity contribution in [3.05, 3.63) is 59.2 Å². The van der Waals surface area contributed by atoms with E-state index in [-0.39, 0.29) is 5.92 Å². The van der Waals surface area contributed by atoms with Crippen LogP contribution < -0.4 is 0 Å². The molecule has 0 aliphatic heterocycles. The van der Waals surface area contributed by atoms with Gasteiger partial charge < -0.3 is 10.2 Å². The van der Waals surface area contributed by atoms with Crippen molar-refractivity contribution in [1.82, 2.24) is 0 Å². The highest BCUT2D eigenvalue weighted by Gasteiger charge is 2.41. The molecule has 16 heavy (non-hydrogen) atoms. The van der Waals surface area contributed by atoms with Crippen LogP contribution in [0, 0.1) is 0 Å². The Morgan fingerprint density at radius 1 is 1.00 bits per heavy atom. The van der Waals surface area contributed by atoms with Crippen LogP contribution in [-0.2, 0) is 0 Å². The third-order valence-corrected chi connectivity index (χ3v) is 3.52. The Bertz CT molecular complexity index is 459. The smallest absolute Gasteiger partial charge is 0.109 e. The van der Waals surface area contributed by atoms with Crippen molar-refractivity contribution in [2.75, 3.05) is 0 Å². The Morgan fingerprint density at radius 2 is 1.75 bits per heavy atom. The largest absolute Gasteiger partial charge is 0.386 e. The van der Waals surface area contributed by atoms with Gasteiger partial charge in [-0.15, -0.1) is 0 Å². The van der Waals surface area contributed by atoms with Crippen LogP contribution in [0.2, 0.25) is 0 Å². The lowest BCUT2D eigenvalue weighted by molar-refractivity contribution is 0.0343. The van der Waals surface area contributed by atoms with Crippen LogP contribution in [0.4, 0.5) is 0 Å². The minimum Gasteiger partial charge on any atom is -0.386 e. The molecule has 0 spiro atoms. The molecule has 3 atom stereocenters. The summed E-state index contributed by atoms with van der Waals surface area (Å²) in [6.45, 7) is 0. The zero-order valence-electron chi connectivity index (χ0n) is 8.88. The van der Waals surface area contributed by atoms with E-state index >= 15 is 0 Å². The van der Waals surface area contributed by atoms with E-state index in [2.05, 4.69) is 18.2 Å². The quantitative estimate of drug-likeness (QED) is 0.748. The second-order valence-corrected chi connectivity index (χ2v) is 4.40. The van der Waals surface area contributed by atoms with Crippen molar-refractivity contribution in [1.29, 1.82) is 0 Å². The maximum Gasteiger partial charge on any atom is 0.109 e. The topological polar surface area (TPSA) is 40.5 Å². The van der Waals surface area contributed by atoms with E-state index < -0.39 is 12.2 Å². The zero-order valence-corrected chi connectivity index (χ0v) is 8.88. The van der Waals surface area contributed by atoms with Crippen molar-refractivity contribution in [2.24, 2.45) is 0 Å². The zero-order chi connectivity index (χ0) is 11.1. The fourth-order valence-corrected chi connectivity index (χ4v) is 2.65. The first-order chi connectivity index (χ1) is 7.79. The first-order valence-corrected chi connectivity index (χ1v) is 5.60. The molecule has 1 aromatic rings. The number of aliphatic hydroxyl groups excluding tert-OH is 2. The predicted octanol–water partition coefficient (Wildman–Crippen LogP) is 1.76. The van der Waals surface area contributed by atoms with Gasteiger partial charge in [-0.2, -0.15) is 0 Å². The van der Waals surface area contributed by atoms with Gasteiger partial charge >= 0.3 is 0 Å². The van der Waals surface area contributed by atoms with Crippen LogP contribution in [0.15, 0.2) is 53.6 Å². The first kappa shape index (κ1) is 9.82. The molecule has 2 N–H and O–H groups in total. The van der Waals surface area contributed by atoms with E-state index in [9.17, 15) is 10.2 Å². The molecule has 3 rings (SSSR count). The molecule has 0 saturated heterocycles. The molecule has 0 saturated carbocycles. The Balaban J connectivity index is 2.00. The second kappa shape index (κ2) is 3.58. The molecular weight excluding hydrogens is 200 g/mol. The predicted molar refractivity (Wildman–Crippen MR) is 62.0 cm³/mol. The highest BCUT2D eigenvalue weighted by atomic mass is 16.3. The number of rotatable bonds is 1. The minimum absolute atomic E-state index is 0.236. The summed E-state index contributed by atoms with van der Waals surface area (Å²) in [5.74, 6) is 0.236. The van der Waals surface area contributed by atoms with Gasteiger partial charge in [0.15, 0.2) is 0 Å². The van der Waals surface area contributed by atoms with Gasteiger partial charge in [-0.25, -0.2) is 0 Å². The Hall–Kier alpha value is -1.38. The molecule has 1 aromatic carbocycles. The summed E-state index contributed by atoms with van der Waals surface area (Å²) in [5, 5.41) is 19.4. The lowest BCUT2D eigenvalue weighted by atomic mass is 9.69. The first-order valence-electron chi connectivity index (χ1n) is 5.60. The molecule has 0 radical (unpaired) electrons. The van der Waals surface area contributed by atoms with E-state index in [1.54, 1.807) is 0 Å². The monoisotopic (exact) mass is 214 g/mol. The SMILES string of the molecule is O[C@@H]1C2=C(C=CC[C@@H]2c2ccccc2)[C@@H]1O. The Labute approximate surface area is 94.5 Å². The van der Waals surface area contributed by atoms with Gasteiger partial charge in [0.2, 0.25) is 0 Å². The van der Waals surface area contributed by atoms with E-state index in [0.717, 1.165) is 17.6 Å². The summed E-state index contributed by atoms with van der Waals surface area (Å²) in [6, 6.07) is 10.2. The molecule has 2 aliphatic carbocycles. The standard InChI is InChI=1S/C14H14O2/c15-13-11-8-4-7-10(12(11)14(13)16)9-5-2-1-3-6-9/h1-6,8,10,13-16H,7H2/t10-,13+,14-/m1/s1. The van der Waals surface area contributed by atoms with Gasteiger partial charge in [-0.1, -0.05) is 42.5 Å². The lowest BCUT2D eigenvalue weighted by Crippen LogP contribution is -2.43. The maximum atomic E-state index is 9.80. The highest BCUT2D eigenvalue weighted by Crippen LogP contribution is 2.44. The van der Waals surface area contributed by atoms with Crippen molar-refractivity contribution in [3.63, 3.8) is 0 Å². The van der Waals surface area contributed by atoms with Crippen molar-refractivity contribution < 1.29 is 10.2 Å². The van der Waals surface area contributed by atoms with Gasteiger partial charge in [0.1, 0.15) is 12.2 Å². The molecule has 0 amide bonds. The fraction of sp³-hybridized carbons (Fsp3) is 0.286. The second-order valence-electron chi connectivity index (χ2n) is 4.40. The highest BCUT2D eigenvalue weighted by molar-refractivity contribution is 5.51. The number of benzene rings is 1. The van der Waals surface area contributed by atoms with Gasteiger partial charge in [0.05, 0.1) is 0 Å². The van der Waals surface area contributed by atoms with Crippen LogP contribution in [0.1, 0.15) is 17.9 Å². The molecule has 0 fully saturated rings. The van der Waals surface area contributed by atoms with E-state index in [4.69, 9.17) is 0 Å². The molecule has 2 heteroatoms. The van der Waals surface area contributed by atoms with Gasteiger partial charge in [0, 0.05) is 5.92 Å². The summed E-state index contributed by atoms with van der Waals surface area (Å²) < 4.78 is 0. The summed E-state index contributed by atoms with van der Waals surface area (Å²) in [6.07, 6.45) is 3.56. The summed E-state index contributed by atoms with van der Waals surface area (Å²) >= 11 is 0. The number of allylic oxidation sites excluding steroid dienone is 1. The normalized spacial score (nSPS) is 32.2.